The average Bonchev–Trinajstić information content (AvgIpc) is 3.10. The number of anilines is 1. The molecular weight excluding hydrogens is 444 g/mol. The van der Waals surface area contributed by atoms with Crippen molar-refractivity contribution in [3.8, 4) is 0 Å². The van der Waals surface area contributed by atoms with E-state index in [2.05, 4.69) is 37.9 Å². The third-order valence-corrected chi connectivity index (χ3v) is 6.89. The molecule has 0 spiro atoms. The number of aryl methyl sites for hydroxylation is 1. The lowest BCUT2D eigenvalue weighted by Gasteiger charge is -2.39. The van der Waals surface area contributed by atoms with Crippen LogP contribution in [-0.4, -0.2) is 33.9 Å². The number of carbonyl (C=O) groups excluding carboxylic acids is 1. The normalized spacial score (nSPS) is 16.1. The number of benzene rings is 2. The predicted octanol–water partition coefficient (Wildman–Crippen LogP) is 3.54. The van der Waals surface area contributed by atoms with Gasteiger partial charge in [0.15, 0.2) is 0 Å². The van der Waals surface area contributed by atoms with Gasteiger partial charge in [0, 0.05) is 37.6 Å². The number of rotatable bonds is 3. The smallest absolute Gasteiger partial charge is 0.260 e. The number of H-pyrrole nitrogens is 1. The fourth-order valence-corrected chi connectivity index (χ4v) is 5.23. The van der Waals surface area contributed by atoms with Gasteiger partial charge in [0.25, 0.3) is 5.56 Å². The van der Waals surface area contributed by atoms with Crippen LogP contribution in [0, 0.1) is 12.8 Å². The first-order valence-electron chi connectivity index (χ1n) is 10.2. The van der Waals surface area contributed by atoms with Gasteiger partial charge in [-0.05, 0) is 63.5 Å². The molecule has 1 N–H and O–H groups in total. The second-order valence-corrected chi connectivity index (χ2v) is 9.24. The van der Waals surface area contributed by atoms with Gasteiger partial charge in [-0.3, -0.25) is 14.6 Å². The van der Waals surface area contributed by atoms with Gasteiger partial charge in [-0.2, -0.15) is 0 Å². The minimum absolute atomic E-state index is 0.104. The predicted molar refractivity (Wildman–Crippen MR) is 121 cm³/mol. The average molecular weight is 467 g/mol. The molecule has 2 aliphatic rings. The van der Waals surface area contributed by atoms with Gasteiger partial charge in [0.2, 0.25) is 11.9 Å². The first kappa shape index (κ1) is 19.3. The lowest BCUT2D eigenvalue weighted by molar-refractivity contribution is -0.134. The molecular formula is C23H23BrN4O2. The van der Waals surface area contributed by atoms with E-state index in [1.54, 1.807) is 6.92 Å². The molecule has 7 heteroatoms. The van der Waals surface area contributed by atoms with E-state index in [1.807, 2.05) is 30.0 Å². The molecule has 2 aromatic carbocycles. The second-order valence-electron chi connectivity index (χ2n) is 8.39. The molecule has 0 aliphatic carbocycles. The molecule has 30 heavy (non-hydrogen) atoms. The van der Waals surface area contributed by atoms with Gasteiger partial charge in [0.05, 0.1) is 10.9 Å². The molecule has 1 aromatic heterocycles. The van der Waals surface area contributed by atoms with Crippen LogP contribution in [0.5, 0.6) is 0 Å². The Morgan fingerprint density at radius 3 is 2.53 bits per heavy atom. The Hall–Kier alpha value is -2.67. The van der Waals surface area contributed by atoms with Gasteiger partial charge in [-0.25, -0.2) is 4.98 Å². The summed E-state index contributed by atoms with van der Waals surface area (Å²) in [7, 11) is 0. The maximum absolute atomic E-state index is 13.2. The molecule has 1 fully saturated rings. The number of hydrogen-bond acceptors (Lipinski definition) is 4. The zero-order valence-corrected chi connectivity index (χ0v) is 18.6. The van der Waals surface area contributed by atoms with Crippen LogP contribution in [-0.2, 0) is 24.3 Å². The van der Waals surface area contributed by atoms with E-state index in [1.165, 1.54) is 11.1 Å². The molecule has 2 aliphatic heterocycles. The Morgan fingerprint density at radius 2 is 1.90 bits per heavy atom. The summed E-state index contributed by atoms with van der Waals surface area (Å²) < 4.78 is 0.835. The standard InChI is InChI=1S/C23H23BrN4O2/c1-13-7-19(24)21-20(18(13)8-15-9-27(10-15)14(2)29)22(30)26-23(25-21)28-11-16-5-3-4-6-17(16)12-28/h3-7,15H,8-12H2,1-2H3,(H,25,26,30). The van der Waals surface area contributed by atoms with Crippen molar-refractivity contribution in [2.24, 2.45) is 5.92 Å². The van der Waals surface area contributed by atoms with Crippen molar-refractivity contribution in [2.45, 2.75) is 33.4 Å². The number of amides is 1. The van der Waals surface area contributed by atoms with E-state index < -0.39 is 0 Å². The van der Waals surface area contributed by atoms with Crippen molar-refractivity contribution in [3.05, 3.63) is 67.4 Å². The molecule has 0 bridgehead atoms. The number of nitrogens with one attached hydrogen (secondary N) is 1. The van der Waals surface area contributed by atoms with Crippen molar-refractivity contribution >= 4 is 38.7 Å². The summed E-state index contributed by atoms with van der Waals surface area (Å²) in [5, 5.41) is 0.656. The van der Waals surface area contributed by atoms with Gasteiger partial charge in [-0.1, -0.05) is 24.3 Å². The van der Waals surface area contributed by atoms with Crippen LogP contribution in [0.3, 0.4) is 0 Å². The second kappa shape index (κ2) is 7.23. The zero-order valence-electron chi connectivity index (χ0n) is 17.0. The number of fused-ring (bicyclic) bond motifs is 2. The van der Waals surface area contributed by atoms with Gasteiger partial charge in [0.1, 0.15) is 0 Å². The molecule has 0 atom stereocenters. The highest BCUT2D eigenvalue weighted by molar-refractivity contribution is 9.10. The van der Waals surface area contributed by atoms with Gasteiger partial charge >= 0.3 is 0 Å². The minimum atomic E-state index is -0.104. The molecule has 0 saturated carbocycles. The van der Waals surface area contributed by atoms with Crippen LogP contribution in [0.15, 0.2) is 39.6 Å². The van der Waals surface area contributed by atoms with Crippen molar-refractivity contribution in [2.75, 3.05) is 18.0 Å². The topological polar surface area (TPSA) is 69.3 Å². The molecule has 3 heterocycles. The monoisotopic (exact) mass is 466 g/mol. The number of hydrogen-bond donors (Lipinski definition) is 1. The maximum Gasteiger partial charge on any atom is 0.260 e. The van der Waals surface area contributed by atoms with Crippen LogP contribution in [0.1, 0.15) is 29.2 Å². The fourth-order valence-electron chi connectivity index (χ4n) is 4.60. The molecule has 0 unspecified atom stereocenters. The highest BCUT2D eigenvalue weighted by atomic mass is 79.9. The summed E-state index contributed by atoms with van der Waals surface area (Å²) in [6, 6.07) is 10.4. The Morgan fingerprint density at radius 1 is 1.23 bits per heavy atom. The van der Waals surface area contributed by atoms with E-state index in [0.29, 0.717) is 22.8 Å². The molecule has 1 saturated heterocycles. The zero-order chi connectivity index (χ0) is 21.0. The lowest BCUT2D eigenvalue weighted by Crippen LogP contribution is -2.49. The summed E-state index contributed by atoms with van der Waals surface area (Å²) in [5.41, 5.74) is 5.24. The van der Waals surface area contributed by atoms with Crippen molar-refractivity contribution in [3.63, 3.8) is 0 Å². The Labute approximate surface area is 183 Å². The third-order valence-electron chi connectivity index (χ3n) is 6.29. The van der Waals surface area contributed by atoms with Crippen LogP contribution >= 0.6 is 15.9 Å². The molecule has 1 amide bonds. The Bertz CT molecular complexity index is 1200. The summed E-state index contributed by atoms with van der Waals surface area (Å²) in [5.74, 6) is 1.09. The van der Waals surface area contributed by atoms with Crippen molar-refractivity contribution in [1.29, 1.82) is 0 Å². The van der Waals surface area contributed by atoms with Crippen LogP contribution < -0.4 is 10.5 Å². The molecule has 154 valence electrons. The Balaban J connectivity index is 1.51. The number of carbonyl (C=O) groups is 1. The highest BCUT2D eigenvalue weighted by Gasteiger charge is 2.30. The summed E-state index contributed by atoms with van der Waals surface area (Å²) >= 11 is 3.63. The van der Waals surface area contributed by atoms with Crippen LogP contribution in [0.2, 0.25) is 0 Å². The summed E-state index contributed by atoms with van der Waals surface area (Å²) in [4.78, 5) is 36.5. The van der Waals surface area contributed by atoms with Gasteiger partial charge in [-0.15, -0.1) is 0 Å². The molecule has 6 nitrogen and oxygen atoms in total. The van der Waals surface area contributed by atoms with Crippen molar-refractivity contribution in [1.82, 2.24) is 14.9 Å². The summed E-state index contributed by atoms with van der Waals surface area (Å²) in [6.07, 6.45) is 0.776. The van der Waals surface area contributed by atoms with Crippen LogP contribution in [0.25, 0.3) is 10.9 Å². The largest absolute Gasteiger partial charge is 0.342 e. The number of likely N-dealkylation sites (tertiary alicyclic amines) is 1. The SMILES string of the molecule is CC(=O)N1CC(Cc2c(C)cc(Br)c3nc(N4Cc5ccccc5C4)[nH]c(=O)c23)C1. The number of aromatic amines is 1. The van der Waals surface area contributed by atoms with E-state index in [9.17, 15) is 9.59 Å². The number of aromatic nitrogens is 2. The highest BCUT2D eigenvalue weighted by Crippen LogP contribution is 2.32. The third kappa shape index (κ3) is 3.21. The van der Waals surface area contributed by atoms with Gasteiger partial charge < -0.3 is 9.80 Å². The first-order valence-corrected chi connectivity index (χ1v) is 11.0. The van der Waals surface area contributed by atoms with E-state index >= 15 is 0 Å². The number of nitrogens with zero attached hydrogens (tertiary/aromatic N) is 3. The Kier molecular flexibility index (Phi) is 4.65. The summed E-state index contributed by atoms with van der Waals surface area (Å²) in [6.45, 7) is 6.62. The molecule has 5 rings (SSSR count). The molecule has 3 aromatic rings. The fraction of sp³-hybridized carbons (Fsp3) is 0.348. The first-order chi connectivity index (χ1) is 14.4. The molecule has 0 radical (unpaired) electrons. The quantitative estimate of drug-likeness (QED) is 0.640. The van der Waals surface area contributed by atoms with E-state index in [-0.39, 0.29) is 11.5 Å². The van der Waals surface area contributed by atoms with E-state index in [0.717, 1.165) is 48.2 Å². The van der Waals surface area contributed by atoms with Crippen LogP contribution in [0.4, 0.5) is 5.95 Å². The maximum atomic E-state index is 13.2. The number of halogens is 1. The lowest BCUT2D eigenvalue weighted by atomic mass is 9.88. The van der Waals surface area contributed by atoms with E-state index in [4.69, 9.17) is 4.98 Å². The minimum Gasteiger partial charge on any atom is -0.342 e. The van der Waals surface area contributed by atoms with Crippen molar-refractivity contribution < 1.29 is 4.79 Å².